The normalized spacial score (nSPS) is 14.8. The van der Waals surface area contributed by atoms with Crippen LogP contribution in [0.4, 0.5) is 39.5 Å². The minimum Gasteiger partial charge on any atom is -0.475 e. The number of nitrogens with two attached hydrogens (primary N) is 1. The maximum Gasteiger partial charge on any atom is 0.490 e. The molecule has 6 N–H and O–H groups in total. The molecule has 0 saturated carbocycles. The third kappa shape index (κ3) is 11.5. The summed E-state index contributed by atoms with van der Waals surface area (Å²) in [4.78, 5) is 48.5. The number of imidazole rings is 1. The first-order valence-corrected chi connectivity index (χ1v) is 10.7. The number of hydrogen-bond acceptors (Lipinski definition) is 6. The zero-order chi connectivity index (χ0) is 32.7. The van der Waals surface area contributed by atoms with Crippen molar-refractivity contribution < 1.29 is 74.0 Å². The van der Waals surface area contributed by atoms with Crippen LogP contribution in [0.3, 0.4) is 0 Å². The van der Waals surface area contributed by atoms with Crippen LogP contribution in [0.2, 0.25) is 0 Å². The summed E-state index contributed by atoms with van der Waals surface area (Å²) in [6.45, 7) is 8.56. The molecule has 1 saturated heterocycles. The second kappa shape index (κ2) is 13.5. The average molecular weight is 614 g/mol. The number of carbonyl (C=O) groups excluding carboxylic acids is 1. The Hall–Kier alpha value is -4.10. The molecule has 0 spiro atoms. The molecule has 41 heavy (non-hydrogen) atoms. The lowest BCUT2D eigenvalue weighted by Gasteiger charge is -2.49. The van der Waals surface area contributed by atoms with Crippen molar-refractivity contribution in [3.05, 3.63) is 29.6 Å². The molecular weight excluding hydrogens is 591 g/mol. The number of amides is 1. The summed E-state index contributed by atoms with van der Waals surface area (Å²) in [7, 11) is 0. The average Bonchev–Trinajstić information content (AvgIpc) is 3.20. The topological polar surface area (TPSA) is 187 Å². The molecule has 1 aromatic carbocycles. The molecule has 0 unspecified atom stereocenters. The minimum absolute atomic E-state index is 0.0260. The van der Waals surface area contributed by atoms with E-state index in [0.29, 0.717) is 17.1 Å². The number of likely N-dealkylation sites (tertiary alicyclic amines) is 1. The fraction of sp³-hybridized carbons (Fsp3) is 0.476. The van der Waals surface area contributed by atoms with E-state index in [-0.39, 0.29) is 5.41 Å². The first-order valence-electron chi connectivity index (χ1n) is 10.7. The first-order chi connectivity index (χ1) is 18.2. The van der Waals surface area contributed by atoms with Gasteiger partial charge in [0.1, 0.15) is 11.3 Å². The van der Waals surface area contributed by atoms with E-state index < -0.39 is 42.3 Å². The van der Waals surface area contributed by atoms with E-state index in [1.54, 1.807) is 6.07 Å². The highest BCUT2D eigenvalue weighted by Crippen LogP contribution is 2.35. The van der Waals surface area contributed by atoms with Crippen molar-refractivity contribution in [2.24, 2.45) is 5.73 Å². The maximum atomic E-state index is 11.5. The molecule has 0 bridgehead atoms. The van der Waals surface area contributed by atoms with Gasteiger partial charge in [-0.15, -0.1) is 0 Å². The number of aromatic nitrogens is 2. The highest BCUT2D eigenvalue weighted by molar-refractivity contribution is 6.04. The molecule has 2 heterocycles. The van der Waals surface area contributed by atoms with Crippen molar-refractivity contribution in [1.29, 1.82) is 0 Å². The zero-order valence-electron chi connectivity index (χ0n) is 21.1. The molecular formula is C21H23F9N4O7. The van der Waals surface area contributed by atoms with E-state index in [4.69, 9.17) is 35.4 Å². The number of H-pyrrole nitrogens is 1. The molecule has 11 nitrogen and oxygen atoms in total. The number of primary amides is 1. The third-order valence-corrected chi connectivity index (χ3v) is 4.91. The molecule has 1 amide bonds. The van der Waals surface area contributed by atoms with E-state index in [1.807, 2.05) is 12.1 Å². The molecule has 1 fully saturated rings. The Balaban J connectivity index is 0.000000631. The SMILES string of the molecule is CC(C)N1CC(C)(c2nc3c(C(N)=O)cccc3[nH]2)C1.O=C(O)C(F)(F)F.O=C(O)C(F)(F)F.O=C(O)C(F)(F)F. The van der Waals surface area contributed by atoms with Crippen LogP contribution in [0, 0.1) is 0 Å². The number of benzene rings is 1. The molecule has 1 aliphatic rings. The summed E-state index contributed by atoms with van der Waals surface area (Å²) in [5.41, 5.74) is 7.47. The summed E-state index contributed by atoms with van der Waals surface area (Å²) >= 11 is 0. The molecule has 20 heteroatoms. The van der Waals surface area contributed by atoms with Crippen molar-refractivity contribution in [1.82, 2.24) is 14.9 Å². The molecule has 1 aliphatic heterocycles. The van der Waals surface area contributed by atoms with Crippen LogP contribution in [0.15, 0.2) is 18.2 Å². The van der Waals surface area contributed by atoms with Gasteiger partial charge in [-0.2, -0.15) is 39.5 Å². The van der Waals surface area contributed by atoms with E-state index in [0.717, 1.165) is 24.4 Å². The summed E-state index contributed by atoms with van der Waals surface area (Å²) in [6.07, 6.45) is -15.3. The number of para-hydroxylation sites is 1. The van der Waals surface area contributed by atoms with Gasteiger partial charge in [0.15, 0.2) is 0 Å². The standard InChI is InChI=1S/C15H20N4O.3C2HF3O2/c1-9(2)19-7-15(3,8-19)14-17-11-6-4-5-10(13(16)20)12(11)18-14;3*3-2(4,5)1(6)7/h4-6,9H,7-8H2,1-3H3,(H2,16,20)(H,17,18);3*(H,6,7). The second-order valence-electron chi connectivity index (χ2n) is 8.62. The van der Waals surface area contributed by atoms with Gasteiger partial charge >= 0.3 is 36.4 Å². The molecule has 2 aromatic rings. The number of aromatic amines is 1. The van der Waals surface area contributed by atoms with Gasteiger partial charge in [0.25, 0.3) is 5.91 Å². The number of hydrogen-bond donors (Lipinski definition) is 5. The second-order valence-corrected chi connectivity index (χ2v) is 8.62. The van der Waals surface area contributed by atoms with Crippen LogP contribution in [0.1, 0.15) is 37.0 Å². The van der Waals surface area contributed by atoms with Gasteiger partial charge in [-0.05, 0) is 26.0 Å². The van der Waals surface area contributed by atoms with Gasteiger partial charge < -0.3 is 26.0 Å². The summed E-state index contributed by atoms with van der Waals surface area (Å²) in [5, 5.41) is 21.4. The number of nitrogens with zero attached hydrogens (tertiary/aromatic N) is 2. The van der Waals surface area contributed by atoms with E-state index >= 15 is 0 Å². The number of nitrogens with one attached hydrogen (secondary N) is 1. The van der Waals surface area contributed by atoms with Gasteiger partial charge in [0, 0.05) is 19.1 Å². The number of fused-ring (bicyclic) bond motifs is 1. The monoisotopic (exact) mass is 614 g/mol. The Morgan fingerprint density at radius 1 is 0.878 bits per heavy atom. The maximum absolute atomic E-state index is 11.5. The van der Waals surface area contributed by atoms with Crippen LogP contribution in [-0.2, 0) is 19.8 Å². The highest BCUT2D eigenvalue weighted by atomic mass is 19.4. The van der Waals surface area contributed by atoms with Crippen molar-refractivity contribution in [2.45, 2.75) is 50.8 Å². The molecule has 0 aliphatic carbocycles. The molecule has 0 radical (unpaired) electrons. The predicted octanol–water partition coefficient (Wildman–Crippen LogP) is 3.54. The Morgan fingerprint density at radius 2 is 1.24 bits per heavy atom. The summed E-state index contributed by atoms with van der Waals surface area (Å²) in [6, 6.07) is 6.03. The fourth-order valence-corrected chi connectivity index (χ4v) is 2.88. The Kier molecular flexibility index (Phi) is 12.2. The molecule has 0 atom stereocenters. The van der Waals surface area contributed by atoms with Crippen molar-refractivity contribution in [3.63, 3.8) is 0 Å². The Morgan fingerprint density at radius 3 is 1.54 bits per heavy atom. The lowest BCUT2D eigenvalue weighted by Crippen LogP contribution is -2.60. The van der Waals surface area contributed by atoms with Gasteiger partial charge in [0.05, 0.1) is 16.5 Å². The third-order valence-electron chi connectivity index (χ3n) is 4.91. The van der Waals surface area contributed by atoms with Crippen LogP contribution in [-0.4, -0.2) is 91.7 Å². The zero-order valence-corrected chi connectivity index (χ0v) is 21.1. The van der Waals surface area contributed by atoms with Gasteiger partial charge in [-0.25, -0.2) is 19.4 Å². The Bertz CT molecular complexity index is 1180. The number of halogens is 9. The van der Waals surface area contributed by atoms with Crippen molar-refractivity contribution in [3.8, 4) is 0 Å². The van der Waals surface area contributed by atoms with E-state index in [2.05, 4.69) is 35.6 Å². The lowest BCUT2D eigenvalue weighted by atomic mass is 9.80. The van der Waals surface area contributed by atoms with Gasteiger partial charge in [-0.3, -0.25) is 9.69 Å². The molecule has 232 valence electrons. The van der Waals surface area contributed by atoms with E-state index in [1.165, 1.54) is 0 Å². The predicted molar refractivity (Wildman–Crippen MR) is 120 cm³/mol. The summed E-state index contributed by atoms with van der Waals surface area (Å²) in [5.74, 6) is -7.76. The van der Waals surface area contributed by atoms with E-state index in [9.17, 15) is 44.3 Å². The molecule has 1 aromatic heterocycles. The van der Waals surface area contributed by atoms with Crippen LogP contribution >= 0.6 is 0 Å². The first kappa shape index (κ1) is 36.9. The summed E-state index contributed by atoms with van der Waals surface area (Å²) < 4.78 is 95.2. The van der Waals surface area contributed by atoms with Crippen LogP contribution in [0.5, 0.6) is 0 Å². The number of aliphatic carboxylic acids is 3. The van der Waals surface area contributed by atoms with Gasteiger partial charge in [0.2, 0.25) is 0 Å². The lowest BCUT2D eigenvalue weighted by molar-refractivity contribution is -0.193. The quantitative estimate of drug-likeness (QED) is 0.322. The van der Waals surface area contributed by atoms with Gasteiger partial charge in [-0.1, -0.05) is 13.0 Å². The van der Waals surface area contributed by atoms with Crippen molar-refractivity contribution >= 4 is 34.8 Å². The smallest absolute Gasteiger partial charge is 0.475 e. The van der Waals surface area contributed by atoms with Crippen molar-refractivity contribution in [2.75, 3.05) is 13.1 Å². The largest absolute Gasteiger partial charge is 0.490 e. The Labute approximate surface area is 223 Å². The van der Waals surface area contributed by atoms with Crippen LogP contribution in [0.25, 0.3) is 11.0 Å². The fourth-order valence-electron chi connectivity index (χ4n) is 2.88. The number of rotatable bonds is 3. The number of carbonyl (C=O) groups is 4. The number of carboxylic acids is 3. The van der Waals surface area contributed by atoms with Crippen LogP contribution < -0.4 is 5.73 Å². The minimum atomic E-state index is -5.08. The molecule has 3 rings (SSSR count). The number of carboxylic acid groups (broad SMARTS) is 3. The number of alkyl halides is 9. The highest BCUT2D eigenvalue weighted by Gasteiger charge is 2.43.